The summed E-state index contributed by atoms with van der Waals surface area (Å²) in [6, 6.07) is 0. The quantitative estimate of drug-likeness (QED) is 0.126. The highest BCUT2D eigenvalue weighted by Crippen LogP contribution is 1.99. The fourth-order valence-corrected chi connectivity index (χ4v) is 3.08. The number of esters is 2. The van der Waals surface area contributed by atoms with Crippen molar-refractivity contribution in [1.29, 1.82) is 0 Å². The third-order valence-corrected chi connectivity index (χ3v) is 5.45. The van der Waals surface area contributed by atoms with Gasteiger partial charge in [-0.15, -0.1) is 0 Å². The molecule has 12 nitrogen and oxygen atoms in total. The van der Waals surface area contributed by atoms with Crippen molar-refractivity contribution in [3.05, 3.63) is 0 Å². The van der Waals surface area contributed by atoms with E-state index in [4.69, 9.17) is 18.9 Å². The van der Waals surface area contributed by atoms with Crippen LogP contribution in [0.25, 0.3) is 0 Å². The molecule has 2 N–H and O–H groups in total. The molecule has 0 fully saturated rings. The van der Waals surface area contributed by atoms with Crippen LogP contribution in [0.4, 0.5) is 0 Å². The lowest BCUT2D eigenvalue weighted by Gasteiger charge is -2.16. The summed E-state index contributed by atoms with van der Waals surface area (Å²) in [5.74, 6) is -0.664. The van der Waals surface area contributed by atoms with Gasteiger partial charge < -0.3 is 39.4 Å². The van der Waals surface area contributed by atoms with E-state index in [1.165, 1.54) is 0 Å². The number of carbonyl (C=O) groups excluding carboxylic acids is 4. The van der Waals surface area contributed by atoms with E-state index in [0.29, 0.717) is 91.4 Å². The van der Waals surface area contributed by atoms with E-state index in [1.807, 2.05) is 37.7 Å². The molecule has 0 aliphatic rings. The lowest BCUT2D eigenvalue weighted by Crippen LogP contribution is -2.32. The van der Waals surface area contributed by atoms with Crippen LogP contribution in [0.3, 0.4) is 0 Å². The van der Waals surface area contributed by atoms with Crippen LogP contribution in [0.1, 0.15) is 55.2 Å². The van der Waals surface area contributed by atoms with Crippen LogP contribution in [0.5, 0.6) is 0 Å². The zero-order valence-corrected chi connectivity index (χ0v) is 23.9. The Morgan fingerprint density at radius 2 is 0.974 bits per heavy atom. The first-order valence-corrected chi connectivity index (χ1v) is 13.7. The highest BCUT2D eigenvalue weighted by Gasteiger charge is 2.10. The Morgan fingerprint density at radius 1 is 0.605 bits per heavy atom. The van der Waals surface area contributed by atoms with Crippen molar-refractivity contribution in [1.82, 2.24) is 20.4 Å². The molecule has 0 heterocycles. The van der Waals surface area contributed by atoms with Crippen molar-refractivity contribution in [2.75, 3.05) is 93.0 Å². The van der Waals surface area contributed by atoms with Crippen LogP contribution in [0, 0.1) is 0 Å². The Labute approximate surface area is 231 Å². The van der Waals surface area contributed by atoms with Crippen LogP contribution in [-0.4, -0.2) is 127 Å². The lowest BCUT2D eigenvalue weighted by atomic mass is 10.3. The predicted octanol–water partition coefficient (Wildman–Crippen LogP) is 1.07. The van der Waals surface area contributed by atoms with E-state index < -0.39 is 0 Å². The molecule has 12 heteroatoms. The van der Waals surface area contributed by atoms with Gasteiger partial charge in [0.25, 0.3) is 0 Å². The third kappa shape index (κ3) is 24.1. The molecule has 0 aromatic heterocycles. The summed E-state index contributed by atoms with van der Waals surface area (Å²) in [6.45, 7) is 9.74. The maximum atomic E-state index is 11.9. The Kier molecular flexibility index (Phi) is 23.5. The topological polar surface area (TPSA) is 136 Å². The van der Waals surface area contributed by atoms with E-state index in [0.717, 1.165) is 0 Å². The number of carbonyl (C=O) groups is 4. The number of nitrogens with zero attached hydrogens (tertiary/aromatic N) is 2. The molecule has 0 aliphatic carbocycles. The minimum atomic E-state index is -0.291. The fourth-order valence-electron chi connectivity index (χ4n) is 3.08. The Balaban J connectivity index is -0.00000684. The number of unbranched alkanes of at least 4 members (excludes halogenated alkanes) is 1. The van der Waals surface area contributed by atoms with Gasteiger partial charge in [-0.3, -0.25) is 19.2 Å². The number of nitrogens with one attached hydrogen (secondary N) is 2. The zero-order chi connectivity index (χ0) is 28.4. The van der Waals surface area contributed by atoms with Crippen molar-refractivity contribution < 1.29 is 41.0 Å². The van der Waals surface area contributed by atoms with Crippen molar-refractivity contribution in [3.63, 3.8) is 0 Å². The van der Waals surface area contributed by atoms with E-state index >= 15 is 0 Å². The summed E-state index contributed by atoms with van der Waals surface area (Å²) in [5.41, 5.74) is 0. The average molecular weight is 551 g/mol. The summed E-state index contributed by atoms with van der Waals surface area (Å²) in [5, 5.41) is 5.57. The zero-order valence-electron chi connectivity index (χ0n) is 23.9. The van der Waals surface area contributed by atoms with Crippen molar-refractivity contribution in [3.8, 4) is 0 Å². The van der Waals surface area contributed by atoms with Gasteiger partial charge in [0.15, 0.2) is 0 Å². The smallest absolute Gasteiger partial charge is 0.307 e. The van der Waals surface area contributed by atoms with Gasteiger partial charge in [0.05, 0.1) is 39.3 Å². The molecule has 0 unspecified atom stereocenters. The standard InChI is InChI=1S/C26H50N4O8.2H2/c1-5-35-21-13-27-23(31)9-15-29(3)17-11-25(33)37-19-7-8-20-38-26(34)12-18-30(4)16-10-24(32)28-14-22-36-6-2;;/h5-22H2,1-4H3,(H,27,31)(H,28,32);2*1H. The Morgan fingerprint density at radius 3 is 1.34 bits per heavy atom. The number of amides is 2. The summed E-state index contributed by atoms with van der Waals surface area (Å²) < 4.78 is 20.8. The molecule has 0 aromatic rings. The molecule has 0 aliphatic heterocycles. The van der Waals surface area contributed by atoms with Crippen LogP contribution in [0.15, 0.2) is 0 Å². The molecule has 0 rings (SSSR count). The summed E-state index contributed by atoms with van der Waals surface area (Å²) >= 11 is 0. The first-order chi connectivity index (χ1) is 18.3. The van der Waals surface area contributed by atoms with Crippen LogP contribution in [-0.2, 0) is 38.1 Å². The predicted molar refractivity (Wildman–Crippen MR) is 148 cm³/mol. The van der Waals surface area contributed by atoms with Gasteiger partial charge in [0.1, 0.15) is 0 Å². The Bertz CT molecular complexity index is 608. The molecular formula is C26H54N4O8. The monoisotopic (exact) mass is 550 g/mol. The summed E-state index contributed by atoms with van der Waals surface area (Å²) in [4.78, 5) is 51.1. The van der Waals surface area contributed by atoms with Crippen molar-refractivity contribution in [2.45, 2.75) is 52.4 Å². The second-order valence-corrected chi connectivity index (χ2v) is 8.85. The van der Waals surface area contributed by atoms with E-state index in [2.05, 4.69) is 10.6 Å². The van der Waals surface area contributed by atoms with Gasteiger partial charge >= 0.3 is 11.9 Å². The van der Waals surface area contributed by atoms with Gasteiger partial charge in [0.2, 0.25) is 11.8 Å². The van der Waals surface area contributed by atoms with Crippen molar-refractivity contribution in [2.24, 2.45) is 0 Å². The van der Waals surface area contributed by atoms with Gasteiger partial charge in [-0.05, 0) is 40.8 Å². The molecule has 226 valence electrons. The SMILES string of the molecule is CCOCCNC(=O)CCN(C)CCC(=O)OCCCCOC(=O)CCN(C)CCC(=O)NCCOCC.[HH].[HH]. The third-order valence-electron chi connectivity index (χ3n) is 5.45. The minimum absolute atomic E-state index is 0. The molecule has 0 saturated carbocycles. The second-order valence-electron chi connectivity index (χ2n) is 8.85. The van der Waals surface area contributed by atoms with Gasteiger partial charge in [-0.2, -0.15) is 0 Å². The largest absolute Gasteiger partial charge is 0.466 e. The molecule has 38 heavy (non-hydrogen) atoms. The van der Waals surface area contributed by atoms with Gasteiger partial charge in [0, 0.05) is 68.2 Å². The van der Waals surface area contributed by atoms with Gasteiger partial charge in [-0.25, -0.2) is 0 Å². The maximum absolute atomic E-state index is 11.9. The lowest BCUT2D eigenvalue weighted by molar-refractivity contribution is -0.146. The molecule has 0 saturated heterocycles. The van der Waals surface area contributed by atoms with Crippen LogP contribution < -0.4 is 10.6 Å². The Hall–Kier alpha value is -2.28. The van der Waals surface area contributed by atoms with Crippen molar-refractivity contribution >= 4 is 23.8 Å². The minimum Gasteiger partial charge on any atom is -0.466 e. The number of hydrogen-bond donors (Lipinski definition) is 2. The first kappa shape index (κ1) is 35.7. The summed E-state index contributed by atoms with van der Waals surface area (Å²) in [6.07, 6.45) is 2.43. The normalized spacial score (nSPS) is 11.0. The van der Waals surface area contributed by atoms with Gasteiger partial charge in [-0.1, -0.05) is 0 Å². The number of rotatable bonds is 25. The number of ether oxygens (including phenoxy) is 4. The first-order valence-electron chi connectivity index (χ1n) is 13.7. The van der Waals surface area contributed by atoms with Crippen LogP contribution >= 0.6 is 0 Å². The molecule has 2 amide bonds. The van der Waals surface area contributed by atoms with E-state index in [-0.39, 0.29) is 52.7 Å². The molecule has 0 bridgehead atoms. The molecule has 0 atom stereocenters. The highest BCUT2D eigenvalue weighted by molar-refractivity contribution is 5.76. The van der Waals surface area contributed by atoms with E-state index in [1.54, 1.807) is 0 Å². The summed E-state index contributed by atoms with van der Waals surface area (Å²) in [7, 11) is 3.71. The highest BCUT2D eigenvalue weighted by atomic mass is 16.5. The van der Waals surface area contributed by atoms with Crippen LogP contribution in [0.2, 0.25) is 0 Å². The molecule has 0 spiro atoms. The molecule has 0 aromatic carbocycles. The maximum Gasteiger partial charge on any atom is 0.307 e. The average Bonchev–Trinajstić information content (AvgIpc) is 2.90. The van der Waals surface area contributed by atoms with E-state index in [9.17, 15) is 19.2 Å². The molecule has 0 radical (unpaired) electrons. The second kappa shape index (κ2) is 25.0. The number of hydrogen-bond acceptors (Lipinski definition) is 10. The fraction of sp³-hybridized carbons (Fsp3) is 0.846. The molecular weight excluding hydrogens is 496 g/mol.